The van der Waals surface area contributed by atoms with Crippen LogP contribution in [0.5, 0.6) is 0 Å². The molecule has 18 heavy (non-hydrogen) atoms. The zero-order valence-electron chi connectivity index (χ0n) is 11.4. The van der Waals surface area contributed by atoms with Crippen LogP contribution < -0.4 is 0 Å². The number of piperazine rings is 1. The van der Waals surface area contributed by atoms with Crippen molar-refractivity contribution in [3.63, 3.8) is 0 Å². The molecule has 1 aromatic rings. The molecule has 0 spiro atoms. The van der Waals surface area contributed by atoms with E-state index in [9.17, 15) is 4.79 Å². The number of rotatable bonds is 3. The van der Waals surface area contributed by atoms with Crippen LogP contribution in [0, 0.1) is 13.8 Å². The quantitative estimate of drug-likeness (QED) is 0.832. The summed E-state index contributed by atoms with van der Waals surface area (Å²) in [7, 11) is 2.10. The number of aryl methyl sites for hydroxylation is 3. The molecule has 1 aliphatic rings. The molecule has 1 aliphatic heterocycles. The molecule has 0 N–H and O–H groups in total. The molecule has 5 heteroatoms. The Kier molecular flexibility index (Phi) is 4.35. The number of hydrogen-bond donors (Lipinski definition) is 0. The van der Waals surface area contributed by atoms with Gasteiger partial charge in [0.05, 0.1) is 10.7 Å². The molecule has 0 saturated carbocycles. The normalized spacial score (nSPS) is 17.2. The number of nitrogens with zero attached hydrogens (tertiary/aromatic N) is 3. The summed E-state index contributed by atoms with van der Waals surface area (Å²) >= 11 is 1.71. The molecular weight excluding hydrogens is 246 g/mol. The highest BCUT2D eigenvalue weighted by Gasteiger charge is 2.19. The number of amides is 1. The summed E-state index contributed by atoms with van der Waals surface area (Å²) in [6.45, 7) is 7.81. The fourth-order valence-corrected chi connectivity index (χ4v) is 3.01. The standard InChI is InChI=1S/C13H21N3OS/c1-10-11(2)18-12(14-10)4-5-13(17)16-8-6-15(3)7-9-16/h4-9H2,1-3H3. The molecular formula is C13H21N3OS. The number of aromatic nitrogens is 1. The van der Waals surface area contributed by atoms with Gasteiger partial charge in [0.15, 0.2) is 0 Å². The Balaban J connectivity index is 1.81. The summed E-state index contributed by atoms with van der Waals surface area (Å²) in [5, 5.41) is 1.09. The lowest BCUT2D eigenvalue weighted by Gasteiger charge is -2.32. The average molecular weight is 267 g/mol. The molecule has 1 fully saturated rings. The second-order valence-corrected chi connectivity index (χ2v) is 6.22. The van der Waals surface area contributed by atoms with Gasteiger partial charge in [-0.1, -0.05) is 0 Å². The average Bonchev–Trinajstić information content (AvgIpc) is 2.67. The van der Waals surface area contributed by atoms with Gasteiger partial charge < -0.3 is 9.80 Å². The Hall–Kier alpha value is -0.940. The molecule has 1 aromatic heterocycles. The van der Waals surface area contributed by atoms with Crippen molar-refractivity contribution in [2.75, 3.05) is 33.2 Å². The van der Waals surface area contributed by atoms with Gasteiger partial charge in [0.1, 0.15) is 0 Å². The van der Waals surface area contributed by atoms with Crippen LogP contribution in [0.4, 0.5) is 0 Å². The van der Waals surface area contributed by atoms with Crippen LogP contribution in [-0.2, 0) is 11.2 Å². The first-order chi connectivity index (χ1) is 8.56. The third-order valence-corrected chi connectivity index (χ3v) is 4.61. The minimum atomic E-state index is 0.272. The number of hydrogen-bond acceptors (Lipinski definition) is 4. The van der Waals surface area contributed by atoms with Gasteiger partial charge in [-0.2, -0.15) is 0 Å². The molecule has 0 aromatic carbocycles. The smallest absolute Gasteiger partial charge is 0.223 e. The number of carbonyl (C=O) groups is 1. The molecule has 1 amide bonds. The van der Waals surface area contributed by atoms with Crippen molar-refractivity contribution in [2.45, 2.75) is 26.7 Å². The van der Waals surface area contributed by atoms with Crippen molar-refractivity contribution < 1.29 is 4.79 Å². The summed E-state index contributed by atoms with van der Waals surface area (Å²) in [5.74, 6) is 0.272. The molecule has 0 unspecified atom stereocenters. The molecule has 100 valence electrons. The lowest BCUT2D eigenvalue weighted by molar-refractivity contribution is -0.132. The zero-order chi connectivity index (χ0) is 13.1. The van der Waals surface area contributed by atoms with Crippen molar-refractivity contribution in [2.24, 2.45) is 0 Å². The predicted molar refractivity (Wildman–Crippen MR) is 74.0 cm³/mol. The zero-order valence-corrected chi connectivity index (χ0v) is 12.2. The van der Waals surface area contributed by atoms with Crippen molar-refractivity contribution >= 4 is 17.2 Å². The third-order valence-electron chi connectivity index (χ3n) is 3.48. The summed E-state index contributed by atoms with van der Waals surface area (Å²) in [6, 6.07) is 0. The highest BCUT2D eigenvalue weighted by Crippen LogP contribution is 2.18. The highest BCUT2D eigenvalue weighted by molar-refractivity contribution is 7.11. The highest BCUT2D eigenvalue weighted by atomic mass is 32.1. The van der Waals surface area contributed by atoms with Crippen LogP contribution in [-0.4, -0.2) is 53.9 Å². The molecule has 2 heterocycles. The summed E-state index contributed by atoms with van der Waals surface area (Å²) in [5.41, 5.74) is 1.10. The number of carbonyl (C=O) groups excluding carboxylic acids is 1. The van der Waals surface area contributed by atoms with E-state index in [2.05, 4.69) is 23.9 Å². The van der Waals surface area contributed by atoms with Crippen molar-refractivity contribution in [1.82, 2.24) is 14.8 Å². The molecule has 1 saturated heterocycles. The lowest BCUT2D eigenvalue weighted by Crippen LogP contribution is -2.47. The van der Waals surface area contributed by atoms with Crippen LogP contribution in [0.25, 0.3) is 0 Å². The summed E-state index contributed by atoms with van der Waals surface area (Å²) < 4.78 is 0. The maximum absolute atomic E-state index is 12.1. The second-order valence-electron chi connectivity index (χ2n) is 4.93. The third kappa shape index (κ3) is 3.29. The Labute approximate surface area is 113 Å². The second kappa shape index (κ2) is 5.80. The molecule has 0 atom stereocenters. The van der Waals surface area contributed by atoms with E-state index >= 15 is 0 Å². The van der Waals surface area contributed by atoms with Crippen LogP contribution in [0.2, 0.25) is 0 Å². The van der Waals surface area contributed by atoms with E-state index < -0.39 is 0 Å². The molecule has 2 rings (SSSR count). The van der Waals surface area contributed by atoms with E-state index in [4.69, 9.17) is 0 Å². The topological polar surface area (TPSA) is 36.4 Å². The predicted octanol–water partition coefficient (Wildman–Crippen LogP) is 1.47. The van der Waals surface area contributed by atoms with Gasteiger partial charge in [-0.25, -0.2) is 4.98 Å². The first kappa shape index (κ1) is 13.5. The Morgan fingerprint density at radius 3 is 2.50 bits per heavy atom. The Morgan fingerprint density at radius 2 is 1.94 bits per heavy atom. The largest absolute Gasteiger partial charge is 0.340 e. The van der Waals surface area contributed by atoms with Gasteiger partial charge in [0.25, 0.3) is 0 Å². The maximum atomic E-state index is 12.1. The first-order valence-electron chi connectivity index (χ1n) is 6.45. The monoisotopic (exact) mass is 267 g/mol. The molecule has 0 bridgehead atoms. The molecule has 4 nitrogen and oxygen atoms in total. The Morgan fingerprint density at radius 1 is 1.28 bits per heavy atom. The van der Waals surface area contributed by atoms with Gasteiger partial charge in [0, 0.05) is 43.9 Å². The Bertz CT molecular complexity index is 402. The van der Waals surface area contributed by atoms with Crippen molar-refractivity contribution in [1.29, 1.82) is 0 Å². The first-order valence-corrected chi connectivity index (χ1v) is 7.27. The number of likely N-dealkylation sites (N-methyl/N-ethyl adjacent to an activating group) is 1. The van der Waals surface area contributed by atoms with E-state index in [1.165, 1.54) is 4.88 Å². The number of thiazole rings is 1. The fraction of sp³-hybridized carbons (Fsp3) is 0.692. The van der Waals surface area contributed by atoms with Gasteiger partial charge in [-0.3, -0.25) is 4.79 Å². The van der Waals surface area contributed by atoms with Gasteiger partial charge in [-0.15, -0.1) is 11.3 Å². The minimum Gasteiger partial charge on any atom is -0.340 e. The summed E-state index contributed by atoms with van der Waals surface area (Å²) in [4.78, 5) is 22.0. The fourth-order valence-electron chi connectivity index (χ4n) is 2.07. The van der Waals surface area contributed by atoms with E-state index in [1.54, 1.807) is 11.3 Å². The van der Waals surface area contributed by atoms with Gasteiger partial charge in [-0.05, 0) is 20.9 Å². The lowest BCUT2D eigenvalue weighted by atomic mass is 10.2. The van der Waals surface area contributed by atoms with E-state index in [1.807, 2.05) is 11.8 Å². The SMILES string of the molecule is Cc1nc(CCC(=O)N2CCN(C)CC2)sc1C. The van der Waals surface area contributed by atoms with Crippen LogP contribution in [0.1, 0.15) is 22.0 Å². The van der Waals surface area contributed by atoms with Gasteiger partial charge >= 0.3 is 0 Å². The molecule has 0 aliphatic carbocycles. The van der Waals surface area contributed by atoms with Crippen LogP contribution >= 0.6 is 11.3 Å². The van der Waals surface area contributed by atoms with Gasteiger partial charge in [0.2, 0.25) is 5.91 Å². The summed E-state index contributed by atoms with van der Waals surface area (Å²) in [6.07, 6.45) is 1.38. The van der Waals surface area contributed by atoms with E-state index in [0.717, 1.165) is 43.3 Å². The van der Waals surface area contributed by atoms with Crippen molar-refractivity contribution in [3.8, 4) is 0 Å². The van der Waals surface area contributed by atoms with E-state index in [0.29, 0.717) is 6.42 Å². The minimum absolute atomic E-state index is 0.272. The van der Waals surface area contributed by atoms with E-state index in [-0.39, 0.29) is 5.91 Å². The molecule has 0 radical (unpaired) electrons. The van der Waals surface area contributed by atoms with Crippen LogP contribution in [0.3, 0.4) is 0 Å². The van der Waals surface area contributed by atoms with Crippen LogP contribution in [0.15, 0.2) is 0 Å². The van der Waals surface area contributed by atoms with Crippen molar-refractivity contribution in [3.05, 3.63) is 15.6 Å². The maximum Gasteiger partial charge on any atom is 0.223 e.